The summed E-state index contributed by atoms with van der Waals surface area (Å²) >= 11 is 0. The lowest BCUT2D eigenvalue weighted by molar-refractivity contribution is 0.122. The number of benzene rings is 7. The third-order valence-corrected chi connectivity index (χ3v) is 26.3. The molecule has 704 valence electrons. The Morgan fingerprint density at radius 2 is 0.662 bits per heavy atom. The van der Waals surface area contributed by atoms with Crippen LogP contribution >= 0.6 is 0 Å². The zero-order valence-electron chi connectivity index (χ0n) is 76.9. The van der Waals surface area contributed by atoms with E-state index < -0.39 is 0 Å². The SMILES string of the molecule is CCNc1nc(Nc2ccc(N3CCOCC3)cc2)nc2nc[nH]c12.c1ccc(C(CN2CCC(Nc3nc(Nc4ccc(N5CCOCC5)cc4)nc4nc[nH]c34)CC2)c2ccccc2)cc1.c1ccc2c(c1)CC(CN1CCC(Nc3nc(Nc4ccc(N5CCOCC5)cc4)nc4nc[nH]c34)CC1)O2.c1nc2nc(Nc3ccc(N4CCOCC4)cc3)nc(NC3CCCCC3)c2[nH]1. The molecule has 7 aliphatic heterocycles. The highest BCUT2D eigenvalue weighted by Crippen LogP contribution is 2.36. The van der Waals surface area contributed by atoms with Gasteiger partial charge in [-0.1, -0.05) is 98.1 Å². The van der Waals surface area contributed by atoms with Crippen molar-refractivity contribution in [3.8, 4) is 5.75 Å². The first-order chi connectivity index (χ1) is 67.2. The second-order valence-corrected chi connectivity index (χ2v) is 35.4. The number of rotatable bonds is 26. The largest absolute Gasteiger partial charge is 0.488 e. The van der Waals surface area contributed by atoms with Gasteiger partial charge in [0.2, 0.25) is 23.8 Å². The maximum absolute atomic E-state index is 6.17. The molecular weight excluding hydrogens is 1710 g/mol. The number of hydrogen-bond acceptors (Lipinski definition) is 31. The number of piperidine rings is 2. The first kappa shape index (κ1) is 89.7. The van der Waals surface area contributed by atoms with Crippen LogP contribution in [-0.4, -0.2) is 265 Å². The van der Waals surface area contributed by atoms with Crippen molar-refractivity contribution in [1.82, 2.24) is 89.5 Å². The molecule has 12 N–H and O–H groups in total. The summed E-state index contributed by atoms with van der Waals surface area (Å²) in [6.45, 7) is 22.5. The molecule has 7 fully saturated rings. The molecule has 8 aromatic heterocycles. The van der Waals surface area contributed by atoms with E-state index in [4.69, 9.17) is 38.6 Å². The molecule has 136 heavy (non-hydrogen) atoms. The van der Waals surface area contributed by atoms with Crippen molar-refractivity contribution in [2.45, 2.75) is 101 Å². The number of fused-ring (bicyclic) bond motifs is 5. The minimum Gasteiger partial charge on any atom is -0.488 e. The molecule has 15 aromatic rings. The second kappa shape index (κ2) is 43.9. The molecule has 15 heterocycles. The summed E-state index contributed by atoms with van der Waals surface area (Å²) < 4.78 is 28.0. The van der Waals surface area contributed by atoms with Crippen LogP contribution in [0.1, 0.15) is 87.3 Å². The highest BCUT2D eigenvalue weighted by Gasteiger charge is 2.31. The topological polar surface area (TPSA) is 380 Å². The van der Waals surface area contributed by atoms with Gasteiger partial charge < -0.3 is 111 Å². The minimum atomic E-state index is 0.245. The maximum Gasteiger partial charge on any atom is 0.231 e. The molecule has 1 unspecified atom stereocenters. The number of para-hydroxylation sites is 1. The Kier molecular flexibility index (Phi) is 29.0. The molecule has 1 saturated carbocycles. The Balaban J connectivity index is 0.000000115. The van der Waals surface area contributed by atoms with E-state index in [0.29, 0.717) is 70.4 Å². The number of morpholine rings is 4. The van der Waals surface area contributed by atoms with Gasteiger partial charge in [0.25, 0.3) is 0 Å². The number of hydrogen-bond donors (Lipinski definition) is 12. The van der Waals surface area contributed by atoms with Crippen molar-refractivity contribution in [1.29, 1.82) is 0 Å². The average molecular weight is 1830 g/mol. The van der Waals surface area contributed by atoms with Crippen molar-refractivity contribution < 1.29 is 23.7 Å². The molecule has 0 spiro atoms. The number of likely N-dealkylation sites (tertiary alicyclic amines) is 2. The second-order valence-electron chi connectivity index (χ2n) is 35.4. The summed E-state index contributed by atoms with van der Waals surface area (Å²) in [5.41, 5.74) is 18.6. The average Bonchev–Trinajstić information content (AvgIpc) is 1.57. The molecule has 7 aromatic carbocycles. The van der Waals surface area contributed by atoms with Crippen LogP contribution in [0.2, 0.25) is 0 Å². The fourth-order valence-electron chi connectivity index (χ4n) is 19.0. The van der Waals surface area contributed by atoms with E-state index in [-0.39, 0.29) is 6.10 Å². The molecule has 1 aliphatic carbocycles. The number of aromatic amines is 4. The van der Waals surface area contributed by atoms with Gasteiger partial charge in [0.15, 0.2) is 45.9 Å². The quantitative estimate of drug-likeness (QED) is 0.0240. The van der Waals surface area contributed by atoms with Crippen molar-refractivity contribution in [3.05, 3.63) is 224 Å². The fraction of sp³-hybridized carbons (Fsp3) is 0.386. The van der Waals surface area contributed by atoms with Gasteiger partial charge in [0.05, 0.1) is 78.2 Å². The Labute approximate surface area is 790 Å². The van der Waals surface area contributed by atoms with Crippen molar-refractivity contribution >= 4 is 137 Å². The predicted molar refractivity (Wildman–Crippen MR) is 538 cm³/mol. The number of ether oxygens (including phenoxy) is 5. The minimum absolute atomic E-state index is 0.245. The molecule has 35 heteroatoms. The maximum atomic E-state index is 6.17. The lowest BCUT2D eigenvalue weighted by Crippen LogP contribution is -2.43. The van der Waals surface area contributed by atoms with Crippen LogP contribution in [0, 0.1) is 0 Å². The Morgan fingerprint density at radius 1 is 0.338 bits per heavy atom. The number of H-pyrrole nitrogens is 4. The van der Waals surface area contributed by atoms with Gasteiger partial charge in [0, 0.05) is 174 Å². The van der Waals surface area contributed by atoms with Gasteiger partial charge in [-0.15, -0.1) is 0 Å². The first-order valence-electron chi connectivity index (χ1n) is 48.2. The molecule has 6 saturated heterocycles. The van der Waals surface area contributed by atoms with E-state index in [1.54, 1.807) is 25.3 Å². The zero-order chi connectivity index (χ0) is 91.4. The Bertz CT molecular complexity index is 6220. The van der Waals surface area contributed by atoms with E-state index in [2.05, 4.69) is 301 Å². The smallest absolute Gasteiger partial charge is 0.231 e. The Morgan fingerprint density at radius 3 is 1.01 bits per heavy atom. The predicted octanol–water partition coefficient (Wildman–Crippen LogP) is 15.5. The number of nitrogens with zero attached hydrogens (tertiary/aromatic N) is 18. The van der Waals surface area contributed by atoms with Crippen LogP contribution in [0.25, 0.3) is 44.7 Å². The van der Waals surface area contributed by atoms with Crippen molar-refractivity contribution in [3.63, 3.8) is 0 Å². The van der Waals surface area contributed by atoms with E-state index in [9.17, 15) is 0 Å². The number of nitrogens with one attached hydrogen (secondary N) is 12. The van der Waals surface area contributed by atoms with Crippen LogP contribution in [0.4, 0.5) is 92.6 Å². The standard InChI is InChI=1S/C34H38N8O.C29H34N8O2.C21H27N7O.C17H21N7O/c1-3-7-25(8-4-1)30(26-9-5-2-6-10-26)23-41-17-15-28(16-18-41)37-33-31-32(36-24-35-31)39-34(40-33)38-27-11-13-29(14-12-27)42-19-21-43-22-20-42;1-2-4-25-20(3-1)17-24(39-25)18-36-11-9-22(10-12-36)32-28-26-27(31-19-30-26)34-29(35-28)33-21-5-7-23(8-6-21)37-13-15-38-16-14-37;1-2-4-15(5-3-1)24-20-18-19(23-14-22-18)26-21(27-20)25-16-6-8-17(9-7-16)28-10-12-29-13-11-28;1-2-18-15-14-16(20-11-19-14)23-17(22-15)21-12-3-5-13(6-4-12)24-7-9-25-10-8-24/h1-14,24,28,30H,15-23H2,(H3,35,36,37,38,39,40);1-8,19,22,24H,9-18H2,(H3,30,31,32,33,34,35);6-9,14-15H,1-5,10-13H2,(H3,22,23,24,25,26,27);3-6,11H,2,7-10H2,1H3,(H3,18,19,20,21,22,23). The molecule has 8 aliphatic rings. The number of anilines is 16. The summed E-state index contributed by atoms with van der Waals surface area (Å²) in [5.74, 6) is 6.71. The summed E-state index contributed by atoms with van der Waals surface area (Å²) in [4.78, 5) is 81.9. The van der Waals surface area contributed by atoms with Crippen LogP contribution in [-0.2, 0) is 25.4 Å². The molecule has 0 radical (unpaired) electrons. The van der Waals surface area contributed by atoms with E-state index in [1.807, 2.05) is 25.1 Å². The van der Waals surface area contributed by atoms with Crippen molar-refractivity contribution in [2.75, 3.05) is 213 Å². The third-order valence-electron chi connectivity index (χ3n) is 26.3. The van der Waals surface area contributed by atoms with E-state index in [1.165, 1.54) is 71.5 Å². The molecule has 35 nitrogen and oxygen atoms in total. The number of aromatic nitrogens is 16. The highest BCUT2D eigenvalue weighted by molar-refractivity contribution is 5.87. The van der Waals surface area contributed by atoms with Gasteiger partial charge >= 0.3 is 0 Å². The third kappa shape index (κ3) is 22.9. The lowest BCUT2D eigenvalue weighted by Gasteiger charge is -2.35. The Hall–Kier alpha value is -14.1. The van der Waals surface area contributed by atoms with E-state index >= 15 is 0 Å². The molecule has 23 rings (SSSR count). The summed E-state index contributed by atoms with van der Waals surface area (Å²) in [5, 5.41) is 27.6. The fourth-order valence-corrected chi connectivity index (χ4v) is 19.0. The normalized spacial score (nSPS) is 17.6. The van der Waals surface area contributed by atoms with E-state index in [0.717, 1.165) is 257 Å². The molecular formula is C101H120N30O5. The van der Waals surface area contributed by atoms with Gasteiger partial charge in [-0.3, -0.25) is 4.90 Å². The lowest BCUT2D eigenvalue weighted by atomic mass is 9.90. The van der Waals surface area contributed by atoms with Gasteiger partial charge in [0.1, 0.15) is 33.9 Å². The van der Waals surface area contributed by atoms with Crippen LogP contribution in [0.3, 0.4) is 0 Å². The van der Waals surface area contributed by atoms with Gasteiger partial charge in [-0.25, -0.2) is 19.9 Å². The summed E-state index contributed by atoms with van der Waals surface area (Å²) in [7, 11) is 0. The molecule has 1 atom stereocenters. The summed E-state index contributed by atoms with van der Waals surface area (Å²) in [6.07, 6.45) is 18.3. The highest BCUT2D eigenvalue weighted by atomic mass is 16.5. The van der Waals surface area contributed by atoms with Crippen molar-refractivity contribution in [2.24, 2.45) is 0 Å². The molecule has 0 amide bonds. The van der Waals surface area contributed by atoms with Crippen LogP contribution in [0.15, 0.2) is 207 Å². The van der Waals surface area contributed by atoms with Gasteiger partial charge in [-0.05, 0) is 165 Å². The zero-order valence-corrected chi connectivity index (χ0v) is 76.9. The number of imidazole rings is 4. The first-order valence-corrected chi connectivity index (χ1v) is 48.2. The van der Waals surface area contributed by atoms with Gasteiger partial charge in [-0.2, -0.15) is 39.9 Å². The monoisotopic (exact) mass is 1830 g/mol. The summed E-state index contributed by atoms with van der Waals surface area (Å²) in [6, 6.07) is 64.7. The van der Waals surface area contributed by atoms with Crippen LogP contribution in [0.5, 0.6) is 5.75 Å². The van der Waals surface area contributed by atoms with Crippen LogP contribution < -0.4 is 66.9 Å². The molecule has 0 bridgehead atoms.